The van der Waals surface area contributed by atoms with Crippen molar-refractivity contribution in [2.24, 2.45) is 0 Å². The van der Waals surface area contributed by atoms with Gasteiger partial charge < -0.3 is 0 Å². The van der Waals surface area contributed by atoms with Crippen LogP contribution in [0.5, 0.6) is 0 Å². The van der Waals surface area contributed by atoms with Crippen LogP contribution in [-0.2, 0) is 0 Å². The third-order valence-electron chi connectivity index (χ3n) is 4.12. The third kappa shape index (κ3) is 3.49. The second-order valence-corrected chi connectivity index (χ2v) is 7.52. The number of nitrogens with one attached hydrogen (secondary N) is 1. The van der Waals surface area contributed by atoms with Crippen molar-refractivity contribution in [3.05, 3.63) is 77.7 Å². The summed E-state index contributed by atoms with van der Waals surface area (Å²) < 4.78 is 0. The molecular weight excluding hydrogens is 360 g/mol. The van der Waals surface area contributed by atoms with Gasteiger partial charge in [-0.2, -0.15) is 0 Å². The zero-order valence-electron chi connectivity index (χ0n) is 14.1. The Morgan fingerprint density at radius 3 is 2.54 bits per heavy atom. The first kappa shape index (κ1) is 16.8. The van der Waals surface area contributed by atoms with E-state index in [1.165, 1.54) is 22.1 Å². The fourth-order valence-electron chi connectivity index (χ4n) is 2.72. The van der Waals surface area contributed by atoms with Crippen LogP contribution in [0.3, 0.4) is 0 Å². The van der Waals surface area contributed by atoms with Crippen molar-refractivity contribution >= 4 is 44.9 Å². The second-order valence-electron chi connectivity index (χ2n) is 5.78. The van der Waals surface area contributed by atoms with Gasteiger partial charge in [0.25, 0.3) is 5.91 Å². The van der Waals surface area contributed by atoms with E-state index in [0.29, 0.717) is 10.7 Å². The Morgan fingerprint density at radius 2 is 1.77 bits per heavy atom. The Bertz CT molecular complexity index is 1070. The van der Waals surface area contributed by atoms with Crippen molar-refractivity contribution in [3.8, 4) is 11.3 Å². The summed E-state index contributed by atoms with van der Waals surface area (Å²) in [5.74, 6) is -0.142. The van der Waals surface area contributed by atoms with Gasteiger partial charge in [0.2, 0.25) is 0 Å². The van der Waals surface area contributed by atoms with E-state index < -0.39 is 0 Å². The molecule has 0 saturated heterocycles. The summed E-state index contributed by atoms with van der Waals surface area (Å²) in [7, 11) is 0. The number of hydrogen-bond donors (Lipinski definition) is 1. The van der Waals surface area contributed by atoms with Gasteiger partial charge >= 0.3 is 0 Å². The molecule has 4 rings (SSSR count). The first-order chi connectivity index (χ1) is 12.7. The van der Waals surface area contributed by atoms with Crippen LogP contribution in [0.4, 0.5) is 5.13 Å². The van der Waals surface area contributed by atoms with E-state index >= 15 is 0 Å². The zero-order chi connectivity index (χ0) is 17.9. The van der Waals surface area contributed by atoms with Crippen LogP contribution in [0.25, 0.3) is 22.0 Å². The molecule has 4 aromatic rings. The smallest absolute Gasteiger partial charge is 0.257 e. The molecule has 5 heteroatoms. The minimum atomic E-state index is -0.142. The van der Waals surface area contributed by atoms with E-state index in [1.807, 2.05) is 48.0 Å². The Labute approximate surface area is 160 Å². The van der Waals surface area contributed by atoms with E-state index in [-0.39, 0.29) is 5.91 Å². The van der Waals surface area contributed by atoms with E-state index in [9.17, 15) is 4.79 Å². The maximum atomic E-state index is 12.4. The maximum absolute atomic E-state index is 12.4. The van der Waals surface area contributed by atoms with Gasteiger partial charge in [0.1, 0.15) is 0 Å². The molecular formula is C21H16N2OS2. The van der Waals surface area contributed by atoms with Crippen molar-refractivity contribution in [3.63, 3.8) is 0 Å². The average molecular weight is 377 g/mol. The number of rotatable bonds is 4. The van der Waals surface area contributed by atoms with Gasteiger partial charge in [-0.05, 0) is 47.4 Å². The minimum absolute atomic E-state index is 0.142. The zero-order valence-corrected chi connectivity index (χ0v) is 15.7. The predicted octanol–water partition coefficient (Wildman–Crippen LogP) is 5.94. The SMILES string of the molecule is CSc1ccc(C(=O)Nc2nc(-c3ccc4ccccc4c3)cs2)cc1. The van der Waals surface area contributed by atoms with Gasteiger partial charge in [0, 0.05) is 21.4 Å². The van der Waals surface area contributed by atoms with Crippen LogP contribution >= 0.6 is 23.1 Å². The molecule has 1 aromatic heterocycles. The highest BCUT2D eigenvalue weighted by Crippen LogP contribution is 2.28. The average Bonchev–Trinajstić information content (AvgIpc) is 3.16. The molecule has 0 radical (unpaired) electrons. The summed E-state index contributed by atoms with van der Waals surface area (Å²) in [6.45, 7) is 0. The summed E-state index contributed by atoms with van der Waals surface area (Å²) in [4.78, 5) is 18.1. The lowest BCUT2D eigenvalue weighted by atomic mass is 10.1. The molecule has 128 valence electrons. The number of hydrogen-bond acceptors (Lipinski definition) is 4. The predicted molar refractivity (Wildman–Crippen MR) is 111 cm³/mol. The van der Waals surface area contributed by atoms with Crippen LogP contribution in [0, 0.1) is 0 Å². The summed E-state index contributed by atoms with van der Waals surface area (Å²) in [5.41, 5.74) is 2.55. The first-order valence-electron chi connectivity index (χ1n) is 8.13. The third-order valence-corrected chi connectivity index (χ3v) is 5.62. The highest BCUT2D eigenvalue weighted by Gasteiger charge is 2.10. The van der Waals surface area contributed by atoms with Gasteiger partial charge in [0.15, 0.2) is 5.13 Å². The van der Waals surface area contributed by atoms with E-state index in [0.717, 1.165) is 16.2 Å². The van der Waals surface area contributed by atoms with Crippen molar-refractivity contribution in [2.75, 3.05) is 11.6 Å². The summed E-state index contributed by atoms with van der Waals surface area (Å²) in [6.07, 6.45) is 2.01. The Kier molecular flexibility index (Phi) is 4.73. The fourth-order valence-corrected chi connectivity index (χ4v) is 3.85. The molecule has 1 amide bonds. The van der Waals surface area contributed by atoms with Crippen LogP contribution in [0.15, 0.2) is 77.0 Å². The number of carbonyl (C=O) groups excluding carboxylic acids is 1. The number of nitrogens with zero attached hydrogens (tertiary/aromatic N) is 1. The molecule has 0 unspecified atom stereocenters. The topological polar surface area (TPSA) is 42.0 Å². The number of benzene rings is 3. The largest absolute Gasteiger partial charge is 0.298 e. The molecule has 0 aliphatic heterocycles. The Balaban J connectivity index is 1.54. The lowest BCUT2D eigenvalue weighted by Crippen LogP contribution is -2.11. The Morgan fingerprint density at radius 1 is 1.00 bits per heavy atom. The standard InChI is InChI=1S/C21H16N2OS2/c1-25-18-10-8-15(9-11-18)20(24)23-21-22-19(13-26-21)17-7-6-14-4-2-3-5-16(14)12-17/h2-13H,1H3,(H,22,23,24). The number of fused-ring (bicyclic) bond motifs is 1. The Hall–Kier alpha value is -2.63. The quantitative estimate of drug-likeness (QED) is 0.448. The molecule has 0 aliphatic carbocycles. The molecule has 0 atom stereocenters. The van der Waals surface area contributed by atoms with E-state index in [1.54, 1.807) is 11.8 Å². The van der Waals surface area contributed by atoms with Gasteiger partial charge in [0.05, 0.1) is 5.69 Å². The van der Waals surface area contributed by atoms with Gasteiger partial charge in [-0.1, -0.05) is 36.4 Å². The van der Waals surface area contributed by atoms with Crippen LogP contribution in [0.1, 0.15) is 10.4 Å². The molecule has 0 fully saturated rings. The molecule has 0 saturated carbocycles. The lowest BCUT2D eigenvalue weighted by Gasteiger charge is -2.03. The second kappa shape index (κ2) is 7.32. The normalized spacial score (nSPS) is 10.8. The number of thioether (sulfide) groups is 1. The summed E-state index contributed by atoms with van der Waals surface area (Å²) in [6, 6.07) is 22.1. The molecule has 0 bridgehead atoms. The molecule has 1 heterocycles. The van der Waals surface area contributed by atoms with Crippen molar-refractivity contribution in [1.82, 2.24) is 4.98 Å². The van der Waals surface area contributed by atoms with E-state index in [4.69, 9.17) is 0 Å². The molecule has 1 N–H and O–H groups in total. The highest BCUT2D eigenvalue weighted by molar-refractivity contribution is 7.98. The fraction of sp³-hybridized carbons (Fsp3) is 0.0476. The first-order valence-corrected chi connectivity index (χ1v) is 10.2. The van der Waals surface area contributed by atoms with E-state index in [2.05, 4.69) is 40.6 Å². The molecule has 3 aromatic carbocycles. The number of aromatic nitrogens is 1. The van der Waals surface area contributed by atoms with Crippen LogP contribution < -0.4 is 5.32 Å². The van der Waals surface area contributed by atoms with Crippen LogP contribution in [0.2, 0.25) is 0 Å². The van der Waals surface area contributed by atoms with Gasteiger partial charge in [-0.3, -0.25) is 10.1 Å². The maximum Gasteiger partial charge on any atom is 0.257 e. The monoisotopic (exact) mass is 376 g/mol. The van der Waals surface area contributed by atoms with Gasteiger partial charge in [-0.15, -0.1) is 23.1 Å². The lowest BCUT2D eigenvalue weighted by molar-refractivity contribution is 0.102. The van der Waals surface area contributed by atoms with Gasteiger partial charge in [-0.25, -0.2) is 4.98 Å². The number of carbonyl (C=O) groups is 1. The van der Waals surface area contributed by atoms with Crippen molar-refractivity contribution in [2.45, 2.75) is 4.90 Å². The highest BCUT2D eigenvalue weighted by atomic mass is 32.2. The number of anilines is 1. The minimum Gasteiger partial charge on any atom is -0.298 e. The number of thiazole rings is 1. The molecule has 0 aliphatic rings. The van der Waals surface area contributed by atoms with Crippen molar-refractivity contribution < 1.29 is 4.79 Å². The van der Waals surface area contributed by atoms with Crippen LogP contribution in [-0.4, -0.2) is 17.1 Å². The molecule has 26 heavy (non-hydrogen) atoms. The molecule has 3 nitrogen and oxygen atoms in total. The number of amides is 1. The molecule has 0 spiro atoms. The van der Waals surface area contributed by atoms with Crippen molar-refractivity contribution in [1.29, 1.82) is 0 Å². The summed E-state index contributed by atoms with van der Waals surface area (Å²) >= 11 is 3.09. The summed E-state index contributed by atoms with van der Waals surface area (Å²) in [5, 5.41) is 7.84.